The number of nitrogens with one attached hydrogen (secondary N) is 1. The van der Waals surface area contributed by atoms with Gasteiger partial charge in [0.15, 0.2) is 0 Å². The lowest BCUT2D eigenvalue weighted by Crippen LogP contribution is -2.54. The summed E-state index contributed by atoms with van der Waals surface area (Å²) in [6.45, 7) is 1.83. The summed E-state index contributed by atoms with van der Waals surface area (Å²) in [7, 11) is 0. The number of amides is 3. The van der Waals surface area contributed by atoms with Crippen LogP contribution in [0.25, 0.3) is 0 Å². The Kier molecular flexibility index (Phi) is 3.02. The number of carbonyl (C=O) groups excluding carboxylic acids is 2. The number of benzene rings is 1. The zero-order valence-corrected chi connectivity index (χ0v) is 9.79. The number of hydrogen-bond acceptors (Lipinski definition) is 2. The molecule has 1 N–H and O–H groups in total. The Balaban J connectivity index is 2.33. The van der Waals surface area contributed by atoms with Gasteiger partial charge in [0.25, 0.3) is 0 Å². The van der Waals surface area contributed by atoms with Crippen molar-refractivity contribution < 1.29 is 14.0 Å². The molecule has 17 heavy (non-hydrogen) atoms. The summed E-state index contributed by atoms with van der Waals surface area (Å²) in [6, 6.07) is 3.42. The number of hydrogen-bond donors (Lipinski definition) is 1. The van der Waals surface area contributed by atoms with E-state index in [2.05, 4.69) is 5.32 Å². The van der Waals surface area contributed by atoms with Crippen LogP contribution < -0.4 is 10.2 Å². The molecule has 1 aromatic carbocycles. The summed E-state index contributed by atoms with van der Waals surface area (Å²) in [5.74, 6) is -1.31. The molecule has 0 aromatic heterocycles. The van der Waals surface area contributed by atoms with Crippen LogP contribution in [0, 0.1) is 11.7 Å². The van der Waals surface area contributed by atoms with Crippen LogP contribution in [0.5, 0.6) is 0 Å². The monoisotopic (exact) mass is 256 g/mol. The van der Waals surface area contributed by atoms with Crippen molar-refractivity contribution in [3.8, 4) is 0 Å². The van der Waals surface area contributed by atoms with Gasteiger partial charge in [-0.1, -0.05) is 18.5 Å². The molecule has 3 amide bonds. The average molecular weight is 257 g/mol. The van der Waals surface area contributed by atoms with Crippen molar-refractivity contribution in [1.29, 1.82) is 0 Å². The zero-order chi connectivity index (χ0) is 12.6. The maximum atomic E-state index is 13.6. The largest absolute Gasteiger partial charge is 0.328 e. The molecule has 1 saturated heterocycles. The Morgan fingerprint density at radius 1 is 1.47 bits per heavy atom. The van der Waals surface area contributed by atoms with Crippen molar-refractivity contribution in [2.75, 3.05) is 11.4 Å². The molecule has 1 heterocycles. The Labute approximate surface area is 102 Å². The lowest BCUT2D eigenvalue weighted by molar-refractivity contribution is -0.123. The van der Waals surface area contributed by atoms with Crippen molar-refractivity contribution in [1.82, 2.24) is 5.32 Å². The molecule has 1 atom stereocenters. The summed E-state index contributed by atoms with van der Waals surface area (Å²) in [4.78, 5) is 24.0. The third-order valence-corrected chi connectivity index (χ3v) is 2.81. The minimum atomic E-state index is -0.616. The first-order valence-corrected chi connectivity index (χ1v) is 5.44. The van der Waals surface area contributed by atoms with Gasteiger partial charge in [0.1, 0.15) is 5.82 Å². The lowest BCUT2D eigenvalue weighted by atomic mass is 10.1. The van der Waals surface area contributed by atoms with E-state index in [1.807, 2.05) is 0 Å². The van der Waals surface area contributed by atoms with Crippen LogP contribution in [0.2, 0.25) is 5.02 Å². The van der Waals surface area contributed by atoms with Crippen molar-refractivity contribution in [3.05, 3.63) is 29.0 Å². The number of carbonyl (C=O) groups is 2. The SMILES string of the molecule is CC1CN(c2ccc(Cl)cc2F)C(=O)NC1=O. The van der Waals surface area contributed by atoms with E-state index in [9.17, 15) is 14.0 Å². The lowest BCUT2D eigenvalue weighted by Gasteiger charge is -2.30. The third-order valence-electron chi connectivity index (χ3n) is 2.58. The molecule has 0 aliphatic carbocycles. The van der Waals surface area contributed by atoms with Crippen molar-refractivity contribution in [3.63, 3.8) is 0 Å². The van der Waals surface area contributed by atoms with Crippen LogP contribution in [0.15, 0.2) is 18.2 Å². The summed E-state index contributed by atoms with van der Waals surface area (Å²) in [6.07, 6.45) is 0. The zero-order valence-electron chi connectivity index (χ0n) is 9.04. The van der Waals surface area contributed by atoms with E-state index in [0.717, 1.165) is 6.07 Å². The number of nitrogens with zero attached hydrogens (tertiary/aromatic N) is 1. The average Bonchev–Trinajstić information content (AvgIpc) is 2.24. The van der Waals surface area contributed by atoms with Gasteiger partial charge in [-0.3, -0.25) is 15.0 Å². The van der Waals surface area contributed by atoms with E-state index in [1.54, 1.807) is 6.92 Å². The highest BCUT2D eigenvalue weighted by molar-refractivity contribution is 6.30. The first-order chi connectivity index (χ1) is 7.99. The summed E-state index contributed by atoms with van der Waals surface area (Å²) in [5.41, 5.74) is 0.117. The number of rotatable bonds is 1. The number of urea groups is 1. The van der Waals surface area contributed by atoms with Gasteiger partial charge in [-0.05, 0) is 18.2 Å². The van der Waals surface area contributed by atoms with Gasteiger partial charge >= 0.3 is 6.03 Å². The maximum absolute atomic E-state index is 13.6. The first kappa shape index (κ1) is 11.9. The number of imide groups is 1. The van der Waals surface area contributed by atoms with Gasteiger partial charge < -0.3 is 0 Å². The topological polar surface area (TPSA) is 49.4 Å². The Hall–Kier alpha value is -1.62. The fourth-order valence-electron chi connectivity index (χ4n) is 1.64. The minimum absolute atomic E-state index is 0.117. The first-order valence-electron chi connectivity index (χ1n) is 5.06. The molecule has 1 aromatic rings. The van der Waals surface area contributed by atoms with E-state index in [0.29, 0.717) is 0 Å². The second-order valence-corrected chi connectivity index (χ2v) is 4.34. The summed E-state index contributed by atoms with van der Waals surface area (Å²) < 4.78 is 13.6. The van der Waals surface area contributed by atoms with Gasteiger partial charge in [-0.2, -0.15) is 0 Å². The molecule has 6 heteroatoms. The van der Waals surface area contributed by atoms with Crippen molar-refractivity contribution in [2.45, 2.75) is 6.92 Å². The normalized spacial score (nSPS) is 20.4. The van der Waals surface area contributed by atoms with Gasteiger partial charge in [-0.25, -0.2) is 9.18 Å². The van der Waals surface area contributed by atoms with Crippen LogP contribution in [-0.2, 0) is 4.79 Å². The highest BCUT2D eigenvalue weighted by Crippen LogP contribution is 2.25. The Morgan fingerprint density at radius 3 is 2.82 bits per heavy atom. The molecular weight excluding hydrogens is 247 g/mol. The minimum Gasteiger partial charge on any atom is -0.290 e. The van der Waals surface area contributed by atoms with E-state index in [-0.39, 0.29) is 29.1 Å². The molecule has 1 aliphatic heterocycles. The van der Waals surface area contributed by atoms with Crippen LogP contribution >= 0.6 is 11.6 Å². The maximum Gasteiger partial charge on any atom is 0.328 e. The fourth-order valence-corrected chi connectivity index (χ4v) is 1.80. The molecule has 90 valence electrons. The standard InChI is InChI=1S/C11H10ClFN2O2/c1-6-5-15(11(17)14-10(6)16)9-3-2-7(12)4-8(9)13/h2-4,6H,5H2,1H3,(H,14,16,17). The third kappa shape index (κ3) is 2.24. The summed E-state index contributed by atoms with van der Waals surface area (Å²) >= 11 is 5.63. The molecule has 1 aliphatic rings. The van der Waals surface area contributed by atoms with Crippen molar-refractivity contribution in [2.24, 2.45) is 5.92 Å². The smallest absolute Gasteiger partial charge is 0.290 e. The van der Waals surface area contributed by atoms with Gasteiger partial charge in [0.2, 0.25) is 5.91 Å². The molecule has 0 spiro atoms. The quantitative estimate of drug-likeness (QED) is 0.837. The molecule has 0 bridgehead atoms. The molecule has 1 unspecified atom stereocenters. The van der Waals surface area contributed by atoms with Crippen molar-refractivity contribution >= 4 is 29.2 Å². The van der Waals surface area contributed by atoms with Crippen LogP contribution in [0.1, 0.15) is 6.92 Å². The van der Waals surface area contributed by atoms with Crippen LogP contribution in [-0.4, -0.2) is 18.5 Å². The predicted octanol–water partition coefficient (Wildman–Crippen LogP) is 2.17. The molecule has 2 rings (SSSR count). The molecular formula is C11H10ClFN2O2. The van der Waals surface area contributed by atoms with E-state index >= 15 is 0 Å². The molecule has 0 saturated carbocycles. The molecule has 1 fully saturated rings. The second-order valence-electron chi connectivity index (χ2n) is 3.90. The highest BCUT2D eigenvalue weighted by Gasteiger charge is 2.31. The van der Waals surface area contributed by atoms with Gasteiger partial charge in [0.05, 0.1) is 11.6 Å². The Bertz CT molecular complexity index is 492. The van der Waals surface area contributed by atoms with E-state index < -0.39 is 11.8 Å². The van der Waals surface area contributed by atoms with E-state index in [1.165, 1.54) is 17.0 Å². The fraction of sp³-hybridized carbons (Fsp3) is 0.273. The molecule has 0 radical (unpaired) electrons. The van der Waals surface area contributed by atoms with Gasteiger partial charge in [-0.15, -0.1) is 0 Å². The van der Waals surface area contributed by atoms with Crippen LogP contribution in [0.4, 0.5) is 14.9 Å². The predicted molar refractivity (Wildman–Crippen MR) is 61.5 cm³/mol. The van der Waals surface area contributed by atoms with E-state index in [4.69, 9.17) is 11.6 Å². The number of halogens is 2. The summed E-state index contributed by atoms with van der Waals surface area (Å²) in [5, 5.41) is 2.43. The van der Waals surface area contributed by atoms with Gasteiger partial charge in [0, 0.05) is 11.6 Å². The second kappa shape index (κ2) is 4.33. The molecule has 4 nitrogen and oxygen atoms in total. The Morgan fingerprint density at radius 2 is 2.18 bits per heavy atom. The van der Waals surface area contributed by atoms with Crippen LogP contribution in [0.3, 0.4) is 0 Å². The number of anilines is 1. The highest BCUT2D eigenvalue weighted by atomic mass is 35.5.